The maximum atomic E-state index is 5.64. The number of rotatable bonds is 10. The number of ether oxygens (including phenoxy) is 2. The van der Waals surface area contributed by atoms with E-state index in [1.807, 2.05) is 24.3 Å². The summed E-state index contributed by atoms with van der Waals surface area (Å²) in [5.74, 6) is 2.56. The average Bonchev–Trinajstić information content (AvgIpc) is 3.40. The van der Waals surface area contributed by atoms with E-state index in [-0.39, 0.29) is 24.0 Å². The fraction of sp³-hybridized carbons (Fsp3) is 0.611. The number of nitrogens with zero attached hydrogens (tertiary/aromatic N) is 1. The lowest BCUT2D eigenvalue weighted by Crippen LogP contribution is -2.38. The minimum atomic E-state index is 0. The predicted octanol–water partition coefficient (Wildman–Crippen LogP) is 3.19. The van der Waals surface area contributed by atoms with Crippen molar-refractivity contribution < 1.29 is 9.47 Å². The van der Waals surface area contributed by atoms with E-state index in [0.29, 0.717) is 6.54 Å². The number of guanidine groups is 1. The largest absolute Gasteiger partial charge is 0.497 e. The molecule has 24 heavy (non-hydrogen) atoms. The molecule has 0 aromatic heterocycles. The van der Waals surface area contributed by atoms with Gasteiger partial charge in [0.2, 0.25) is 0 Å². The van der Waals surface area contributed by atoms with Crippen molar-refractivity contribution in [2.24, 2.45) is 10.9 Å². The second kappa shape index (κ2) is 12.4. The molecule has 1 aliphatic rings. The summed E-state index contributed by atoms with van der Waals surface area (Å²) in [7, 11) is 1.68. The first-order chi connectivity index (χ1) is 11.3. The van der Waals surface area contributed by atoms with E-state index in [1.165, 1.54) is 12.8 Å². The van der Waals surface area contributed by atoms with Gasteiger partial charge in [-0.3, -0.25) is 0 Å². The molecule has 1 saturated carbocycles. The van der Waals surface area contributed by atoms with Crippen molar-refractivity contribution in [2.45, 2.75) is 32.7 Å². The van der Waals surface area contributed by atoms with E-state index in [0.717, 1.165) is 55.9 Å². The number of halogens is 1. The van der Waals surface area contributed by atoms with Gasteiger partial charge in [-0.05, 0) is 49.8 Å². The molecule has 0 heterocycles. The molecule has 136 valence electrons. The lowest BCUT2D eigenvalue weighted by Gasteiger charge is -2.11. The van der Waals surface area contributed by atoms with E-state index in [1.54, 1.807) is 7.11 Å². The molecule has 6 heteroatoms. The number of methoxy groups -OCH3 is 1. The smallest absolute Gasteiger partial charge is 0.191 e. The van der Waals surface area contributed by atoms with Gasteiger partial charge < -0.3 is 20.1 Å². The van der Waals surface area contributed by atoms with Gasteiger partial charge >= 0.3 is 0 Å². The monoisotopic (exact) mass is 447 g/mol. The van der Waals surface area contributed by atoms with Crippen LogP contribution in [0.5, 0.6) is 5.75 Å². The molecule has 0 amide bonds. The van der Waals surface area contributed by atoms with Gasteiger partial charge in [-0.25, -0.2) is 4.99 Å². The molecule has 0 bridgehead atoms. The first-order valence-electron chi connectivity index (χ1n) is 8.54. The molecule has 1 aromatic rings. The zero-order chi connectivity index (χ0) is 16.3. The number of hydrogen-bond donors (Lipinski definition) is 2. The highest BCUT2D eigenvalue weighted by Crippen LogP contribution is 2.28. The Kier molecular flexibility index (Phi) is 10.8. The molecule has 2 N–H and O–H groups in total. The van der Waals surface area contributed by atoms with Crippen molar-refractivity contribution in [1.29, 1.82) is 0 Å². The lowest BCUT2D eigenvalue weighted by atomic mass is 10.2. The van der Waals surface area contributed by atoms with Crippen molar-refractivity contribution in [3.8, 4) is 5.75 Å². The van der Waals surface area contributed by atoms with Gasteiger partial charge in [0, 0.05) is 26.3 Å². The van der Waals surface area contributed by atoms with E-state index < -0.39 is 0 Å². The highest BCUT2D eigenvalue weighted by Gasteiger charge is 2.20. The van der Waals surface area contributed by atoms with Crippen LogP contribution in [-0.2, 0) is 11.3 Å². The molecule has 0 unspecified atom stereocenters. The summed E-state index contributed by atoms with van der Waals surface area (Å²) in [4.78, 5) is 4.61. The summed E-state index contributed by atoms with van der Waals surface area (Å²) in [5, 5.41) is 6.62. The number of aliphatic imine (C=N–C) groups is 1. The van der Waals surface area contributed by atoms with E-state index >= 15 is 0 Å². The Labute approximate surface area is 162 Å². The van der Waals surface area contributed by atoms with Crippen LogP contribution < -0.4 is 15.4 Å². The zero-order valence-corrected chi connectivity index (χ0v) is 17.0. The number of nitrogens with one attached hydrogen (secondary N) is 2. The highest BCUT2D eigenvalue weighted by atomic mass is 127. The summed E-state index contributed by atoms with van der Waals surface area (Å²) < 4.78 is 10.8. The Morgan fingerprint density at radius 2 is 1.96 bits per heavy atom. The molecule has 2 rings (SSSR count). The van der Waals surface area contributed by atoms with Crippen LogP contribution in [0.4, 0.5) is 0 Å². The second-order valence-electron chi connectivity index (χ2n) is 5.84. The minimum absolute atomic E-state index is 0. The maximum absolute atomic E-state index is 5.64. The van der Waals surface area contributed by atoms with Crippen molar-refractivity contribution in [2.75, 3.05) is 33.4 Å². The first-order valence-corrected chi connectivity index (χ1v) is 8.54. The fourth-order valence-electron chi connectivity index (χ4n) is 2.16. The van der Waals surface area contributed by atoms with Crippen LogP contribution in [0.2, 0.25) is 0 Å². The molecule has 0 aliphatic heterocycles. The molecule has 0 spiro atoms. The molecule has 5 nitrogen and oxygen atoms in total. The summed E-state index contributed by atoms with van der Waals surface area (Å²) in [6.45, 7) is 6.21. The summed E-state index contributed by atoms with van der Waals surface area (Å²) in [5.41, 5.74) is 1.16. The molecular weight excluding hydrogens is 417 g/mol. The van der Waals surface area contributed by atoms with E-state index in [9.17, 15) is 0 Å². The Morgan fingerprint density at radius 1 is 1.21 bits per heavy atom. The maximum Gasteiger partial charge on any atom is 0.191 e. The third-order valence-electron chi connectivity index (χ3n) is 3.73. The molecule has 1 aliphatic carbocycles. The van der Waals surface area contributed by atoms with Gasteiger partial charge in [0.05, 0.1) is 13.7 Å². The van der Waals surface area contributed by atoms with Crippen molar-refractivity contribution in [3.05, 3.63) is 29.8 Å². The number of hydrogen-bond acceptors (Lipinski definition) is 3. The standard InChI is InChI=1S/C18H29N3O2.HI/c1-3-19-18(20-11-4-12-23-14-16-5-6-16)21-13-15-7-9-17(22-2)10-8-15;/h7-10,16H,3-6,11-14H2,1-2H3,(H2,19,20,21);1H. The second-order valence-corrected chi connectivity index (χ2v) is 5.84. The Hall–Kier alpha value is -1.02. The van der Waals surface area contributed by atoms with Crippen LogP contribution >= 0.6 is 24.0 Å². The predicted molar refractivity (Wildman–Crippen MR) is 109 cm³/mol. The number of benzene rings is 1. The fourth-order valence-corrected chi connectivity index (χ4v) is 2.16. The van der Waals surface area contributed by atoms with Crippen molar-refractivity contribution >= 4 is 29.9 Å². The van der Waals surface area contributed by atoms with Gasteiger partial charge in [0.25, 0.3) is 0 Å². The Morgan fingerprint density at radius 3 is 2.58 bits per heavy atom. The van der Waals surface area contributed by atoms with Crippen LogP contribution in [0, 0.1) is 5.92 Å². The normalized spacial score (nSPS) is 14.0. The minimum Gasteiger partial charge on any atom is -0.497 e. The summed E-state index contributed by atoms with van der Waals surface area (Å²) >= 11 is 0. The van der Waals surface area contributed by atoms with E-state index in [4.69, 9.17) is 9.47 Å². The lowest BCUT2D eigenvalue weighted by molar-refractivity contribution is 0.123. The molecule has 0 saturated heterocycles. The van der Waals surface area contributed by atoms with Crippen LogP contribution in [0.25, 0.3) is 0 Å². The van der Waals surface area contributed by atoms with Crippen LogP contribution in [0.1, 0.15) is 31.7 Å². The third-order valence-corrected chi connectivity index (χ3v) is 3.73. The molecule has 0 radical (unpaired) electrons. The first kappa shape index (κ1) is 21.0. The highest BCUT2D eigenvalue weighted by molar-refractivity contribution is 14.0. The molecule has 0 atom stereocenters. The van der Waals surface area contributed by atoms with Crippen molar-refractivity contribution in [1.82, 2.24) is 10.6 Å². The third kappa shape index (κ3) is 8.73. The van der Waals surface area contributed by atoms with Crippen LogP contribution in [0.3, 0.4) is 0 Å². The molecular formula is C18H30IN3O2. The van der Waals surface area contributed by atoms with Crippen molar-refractivity contribution in [3.63, 3.8) is 0 Å². The quantitative estimate of drug-likeness (QED) is 0.251. The van der Waals surface area contributed by atoms with Gasteiger partial charge in [-0.2, -0.15) is 0 Å². The van der Waals surface area contributed by atoms with Gasteiger partial charge in [0.15, 0.2) is 5.96 Å². The zero-order valence-electron chi connectivity index (χ0n) is 14.7. The topological polar surface area (TPSA) is 54.9 Å². The van der Waals surface area contributed by atoms with Gasteiger partial charge in [0.1, 0.15) is 5.75 Å². The van der Waals surface area contributed by atoms with Crippen LogP contribution in [0.15, 0.2) is 29.3 Å². The van der Waals surface area contributed by atoms with Crippen LogP contribution in [-0.4, -0.2) is 39.4 Å². The molecule has 1 aromatic carbocycles. The summed E-state index contributed by atoms with van der Waals surface area (Å²) in [6, 6.07) is 8.00. The van der Waals surface area contributed by atoms with E-state index in [2.05, 4.69) is 22.5 Å². The average molecular weight is 447 g/mol. The van der Waals surface area contributed by atoms with Gasteiger partial charge in [-0.1, -0.05) is 12.1 Å². The summed E-state index contributed by atoms with van der Waals surface area (Å²) in [6.07, 6.45) is 3.70. The Balaban J connectivity index is 0.00000288. The SMILES string of the molecule is CCNC(=NCc1ccc(OC)cc1)NCCCOCC1CC1.I. The van der Waals surface area contributed by atoms with Gasteiger partial charge in [-0.15, -0.1) is 24.0 Å². The molecule has 1 fully saturated rings. The Bertz CT molecular complexity index is 476.